The van der Waals surface area contributed by atoms with E-state index in [0.29, 0.717) is 0 Å². The molecule has 0 saturated heterocycles. The maximum Gasteiger partial charge on any atom is 0.573 e. The summed E-state index contributed by atoms with van der Waals surface area (Å²) in [6, 6.07) is 3.84. The lowest BCUT2D eigenvalue weighted by Crippen LogP contribution is -2.32. The van der Waals surface area contributed by atoms with Gasteiger partial charge in [0.1, 0.15) is 5.75 Å². The van der Waals surface area contributed by atoms with Gasteiger partial charge in [-0.2, -0.15) is 0 Å². The van der Waals surface area contributed by atoms with Crippen LogP contribution < -0.4 is 9.46 Å². The lowest BCUT2D eigenvalue weighted by Gasteiger charge is -2.12. The molecule has 20 heavy (non-hydrogen) atoms. The van der Waals surface area contributed by atoms with Gasteiger partial charge in [0.25, 0.3) is 0 Å². The summed E-state index contributed by atoms with van der Waals surface area (Å²) in [7, 11) is -4.17. The molecule has 1 rings (SSSR count). The number of aliphatic carboxylic acids is 1. The minimum atomic E-state index is -4.85. The van der Waals surface area contributed by atoms with Crippen molar-refractivity contribution in [1.29, 1.82) is 0 Å². The fourth-order valence-corrected chi connectivity index (χ4v) is 2.02. The van der Waals surface area contributed by atoms with Gasteiger partial charge in [0.15, 0.2) is 5.25 Å². The van der Waals surface area contributed by atoms with E-state index in [-0.39, 0.29) is 5.69 Å². The number of carboxylic acids is 1. The van der Waals surface area contributed by atoms with Crippen molar-refractivity contribution in [2.24, 2.45) is 0 Å². The largest absolute Gasteiger partial charge is 0.573 e. The van der Waals surface area contributed by atoms with Crippen molar-refractivity contribution in [2.45, 2.75) is 18.5 Å². The Balaban J connectivity index is 2.83. The third-order valence-corrected chi connectivity index (χ3v) is 3.81. The average Bonchev–Trinajstić information content (AvgIpc) is 2.28. The molecule has 0 amide bonds. The van der Waals surface area contributed by atoms with E-state index in [1.807, 2.05) is 4.72 Å². The zero-order valence-electron chi connectivity index (χ0n) is 10.0. The smallest absolute Gasteiger partial charge is 0.480 e. The monoisotopic (exact) mass is 313 g/mol. The number of alkyl halides is 3. The van der Waals surface area contributed by atoms with Crippen molar-refractivity contribution in [2.75, 3.05) is 4.72 Å². The second-order valence-corrected chi connectivity index (χ2v) is 5.70. The Hall–Kier alpha value is -1.97. The summed E-state index contributed by atoms with van der Waals surface area (Å²) in [5.74, 6) is -2.07. The summed E-state index contributed by atoms with van der Waals surface area (Å²) >= 11 is 0. The van der Waals surface area contributed by atoms with Crippen molar-refractivity contribution < 1.29 is 36.2 Å². The second-order valence-electron chi connectivity index (χ2n) is 3.70. The van der Waals surface area contributed by atoms with Crippen LogP contribution in [0.1, 0.15) is 6.92 Å². The zero-order valence-corrected chi connectivity index (χ0v) is 10.8. The topological polar surface area (TPSA) is 92.7 Å². The van der Waals surface area contributed by atoms with Crippen LogP contribution in [0, 0.1) is 0 Å². The molecule has 0 heterocycles. The molecule has 0 spiro atoms. The molecule has 0 bridgehead atoms. The number of hydrogen-bond acceptors (Lipinski definition) is 4. The highest BCUT2D eigenvalue weighted by molar-refractivity contribution is 7.94. The lowest BCUT2D eigenvalue weighted by molar-refractivity contribution is -0.274. The maximum atomic E-state index is 11.9. The quantitative estimate of drug-likeness (QED) is 0.864. The van der Waals surface area contributed by atoms with E-state index in [0.717, 1.165) is 31.2 Å². The summed E-state index contributed by atoms with van der Waals surface area (Å²) in [5, 5.41) is 6.90. The standard InChI is InChI=1S/C10H10F3NO5S/c1-6(9(15)16)20(17,18)14-7-2-4-8(5-3-7)19-10(11,12)13/h2-6,14H,1H3,(H,15,16). The SMILES string of the molecule is CC(C(=O)O)S(=O)(=O)Nc1ccc(OC(F)(F)F)cc1. The number of sulfonamides is 1. The summed E-state index contributed by atoms with van der Waals surface area (Å²) in [4.78, 5) is 10.6. The Morgan fingerprint density at radius 1 is 1.30 bits per heavy atom. The van der Waals surface area contributed by atoms with E-state index in [9.17, 15) is 26.4 Å². The Kier molecular flexibility index (Phi) is 4.48. The van der Waals surface area contributed by atoms with Gasteiger partial charge in [0.2, 0.25) is 10.0 Å². The lowest BCUT2D eigenvalue weighted by atomic mass is 10.3. The highest BCUT2D eigenvalue weighted by atomic mass is 32.2. The first-order valence-electron chi connectivity index (χ1n) is 5.11. The molecule has 2 N–H and O–H groups in total. The first-order valence-corrected chi connectivity index (χ1v) is 6.66. The van der Waals surface area contributed by atoms with Gasteiger partial charge < -0.3 is 9.84 Å². The molecule has 0 aliphatic rings. The number of rotatable bonds is 5. The molecule has 1 unspecified atom stereocenters. The molecular formula is C10H10F3NO5S. The van der Waals surface area contributed by atoms with E-state index in [1.165, 1.54) is 0 Å². The number of anilines is 1. The fourth-order valence-electron chi connectivity index (χ4n) is 1.11. The fraction of sp³-hybridized carbons (Fsp3) is 0.300. The van der Waals surface area contributed by atoms with E-state index in [1.54, 1.807) is 0 Å². The number of carbonyl (C=O) groups is 1. The summed E-state index contributed by atoms with van der Waals surface area (Å²) in [5.41, 5.74) is -0.0763. The van der Waals surface area contributed by atoms with Crippen LogP contribution in [0.2, 0.25) is 0 Å². The highest BCUT2D eigenvalue weighted by Crippen LogP contribution is 2.24. The molecule has 0 aliphatic heterocycles. The molecule has 1 aromatic carbocycles. The Morgan fingerprint density at radius 3 is 2.20 bits per heavy atom. The number of ether oxygens (including phenoxy) is 1. The van der Waals surface area contributed by atoms with Gasteiger partial charge in [-0.05, 0) is 31.2 Å². The van der Waals surface area contributed by atoms with Crippen LogP contribution >= 0.6 is 0 Å². The van der Waals surface area contributed by atoms with Gasteiger partial charge in [0, 0.05) is 5.69 Å². The van der Waals surface area contributed by atoms with Gasteiger partial charge in [0.05, 0.1) is 0 Å². The molecule has 10 heteroatoms. The third-order valence-electron chi connectivity index (χ3n) is 2.16. The van der Waals surface area contributed by atoms with Crippen LogP contribution in [0.25, 0.3) is 0 Å². The molecule has 0 aromatic heterocycles. The van der Waals surface area contributed by atoms with E-state index in [4.69, 9.17) is 5.11 Å². The highest BCUT2D eigenvalue weighted by Gasteiger charge is 2.31. The number of hydrogen-bond donors (Lipinski definition) is 2. The number of halogens is 3. The van der Waals surface area contributed by atoms with E-state index >= 15 is 0 Å². The molecule has 1 atom stereocenters. The van der Waals surface area contributed by atoms with Crippen molar-refractivity contribution in [3.63, 3.8) is 0 Å². The Bertz CT molecular complexity index is 582. The number of benzene rings is 1. The molecule has 6 nitrogen and oxygen atoms in total. The van der Waals surface area contributed by atoms with Crippen molar-refractivity contribution in [3.8, 4) is 5.75 Å². The third kappa shape index (κ3) is 4.61. The van der Waals surface area contributed by atoms with Crippen molar-refractivity contribution in [3.05, 3.63) is 24.3 Å². The Labute approximate surface area is 112 Å². The van der Waals surface area contributed by atoms with Gasteiger partial charge in [-0.3, -0.25) is 9.52 Å². The van der Waals surface area contributed by atoms with Gasteiger partial charge >= 0.3 is 12.3 Å². The van der Waals surface area contributed by atoms with Gasteiger partial charge in [-0.1, -0.05) is 0 Å². The predicted molar refractivity (Wildman–Crippen MR) is 62.8 cm³/mol. The molecule has 0 aliphatic carbocycles. The first-order chi connectivity index (χ1) is 9.01. The molecule has 112 valence electrons. The zero-order chi connectivity index (χ0) is 15.6. The molecule has 1 aromatic rings. The van der Waals surface area contributed by atoms with E-state index in [2.05, 4.69) is 4.74 Å². The molecule has 0 saturated carbocycles. The minimum Gasteiger partial charge on any atom is -0.480 e. The summed E-state index contributed by atoms with van der Waals surface area (Å²) in [6.07, 6.45) is -4.85. The first kappa shape index (κ1) is 16.1. The number of nitrogens with one attached hydrogen (secondary N) is 1. The molecular weight excluding hydrogens is 303 g/mol. The van der Waals surface area contributed by atoms with Gasteiger partial charge in [-0.15, -0.1) is 13.2 Å². The normalized spacial score (nSPS) is 13.6. The number of carboxylic acid groups (broad SMARTS) is 1. The van der Waals surface area contributed by atoms with Gasteiger partial charge in [-0.25, -0.2) is 8.42 Å². The van der Waals surface area contributed by atoms with E-state index < -0.39 is 33.4 Å². The second kappa shape index (κ2) is 5.57. The minimum absolute atomic E-state index is 0.0763. The predicted octanol–water partition coefficient (Wildman–Crippen LogP) is 1.80. The molecule has 0 fully saturated rings. The van der Waals surface area contributed by atoms with Crippen LogP contribution in [-0.2, 0) is 14.8 Å². The van der Waals surface area contributed by atoms with Crippen LogP contribution in [0.5, 0.6) is 5.75 Å². The summed E-state index contributed by atoms with van der Waals surface area (Å²) in [6.45, 7) is 0.964. The molecule has 0 radical (unpaired) electrons. The Morgan fingerprint density at radius 2 is 1.80 bits per heavy atom. The average molecular weight is 313 g/mol. The van der Waals surface area contributed by atoms with Crippen LogP contribution in [-0.4, -0.2) is 31.1 Å². The van der Waals surface area contributed by atoms with Crippen molar-refractivity contribution in [1.82, 2.24) is 0 Å². The van der Waals surface area contributed by atoms with Crippen molar-refractivity contribution >= 4 is 21.7 Å². The summed E-state index contributed by atoms with van der Waals surface area (Å²) < 4.78 is 64.4. The van der Waals surface area contributed by atoms with Crippen LogP contribution in [0.4, 0.5) is 18.9 Å². The van der Waals surface area contributed by atoms with Crippen LogP contribution in [0.15, 0.2) is 24.3 Å². The van der Waals surface area contributed by atoms with Crippen LogP contribution in [0.3, 0.4) is 0 Å². The maximum absolute atomic E-state index is 11.9.